The van der Waals surface area contributed by atoms with E-state index >= 15 is 0 Å². The SMILES string of the molecule is Oc1c[c]c(-c2ccccc2)cc1. The van der Waals surface area contributed by atoms with Gasteiger partial charge in [-0.15, -0.1) is 0 Å². The van der Waals surface area contributed by atoms with Gasteiger partial charge in [-0.05, 0) is 29.3 Å². The lowest BCUT2D eigenvalue weighted by Gasteiger charge is -1.99. The molecule has 2 rings (SSSR count). The number of hydrogen-bond donors (Lipinski definition) is 1. The minimum Gasteiger partial charge on any atom is -0.508 e. The molecule has 0 spiro atoms. The topological polar surface area (TPSA) is 20.2 Å². The number of rotatable bonds is 1. The number of aromatic hydroxyl groups is 1. The second-order valence-electron chi connectivity index (χ2n) is 2.83. The molecular weight excluding hydrogens is 160 g/mol. The third-order valence-electron chi connectivity index (χ3n) is 1.88. The Morgan fingerprint density at radius 2 is 1.69 bits per heavy atom. The Hall–Kier alpha value is -1.76. The molecule has 0 heterocycles. The molecule has 0 aliphatic heterocycles. The van der Waals surface area contributed by atoms with Crippen molar-refractivity contribution in [3.63, 3.8) is 0 Å². The maximum atomic E-state index is 9.07. The highest BCUT2D eigenvalue weighted by molar-refractivity contribution is 5.63. The van der Waals surface area contributed by atoms with Crippen molar-refractivity contribution in [3.8, 4) is 16.9 Å². The highest BCUT2D eigenvalue weighted by Gasteiger charge is 1.95. The third kappa shape index (κ3) is 1.70. The van der Waals surface area contributed by atoms with Crippen LogP contribution in [0, 0.1) is 6.07 Å². The largest absolute Gasteiger partial charge is 0.508 e. The summed E-state index contributed by atoms with van der Waals surface area (Å²) < 4.78 is 0. The lowest BCUT2D eigenvalue weighted by molar-refractivity contribution is 0.475. The standard InChI is InChI=1S/C12H9O/c13-12-8-6-11(7-9-12)10-4-2-1-3-5-10/h1-6,8-9,13H. The van der Waals surface area contributed by atoms with Crippen LogP contribution >= 0.6 is 0 Å². The highest BCUT2D eigenvalue weighted by Crippen LogP contribution is 2.20. The Morgan fingerprint density at radius 3 is 2.31 bits per heavy atom. The molecule has 2 aromatic carbocycles. The van der Waals surface area contributed by atoms with Gasteiger partial charge in [-0.1, -0.05) is 36.4 Å². The first-order valence-electron chi connectivity index (χ1n) is 4.12. The molecule has 63 valence electrons. The van der Waals surface area contributed by atoms with Gasteiger partial charge in [0, 0.05) is 0 Å². The molecular formula is C12H9O. The first kappa shape index (κ1) is 7.87. The zero-order valence-electron chi connectivity index (χ0n) is 7.07. The fraction of sp³-hybridized carbons (Fsp3) is 0. The lowest BCUT2D eigenvalue weighted by atomic mass is 10.1. The number of hydrogen-bond acceptors (Lipinski definition) is 1. The van der Waals surface area contributed by atoms with Gasteiger partial charge in [0.05, 0.1) is 0 Å². The average Bonchev–Trinajstić information content (AvgIpc) is 2.20. The lowest BCUT2D eigenvalue weighted by Crippen LogP contribution is -1.75. The molecule has 2 aromatic rings. The van der Waals surface area contributed by atoms with E-state index in [1.54, 1.807) is 12.1 Å². The molecule has 0 unspecified atom stereocenters. The van der Waals surface area contributed by atoms with E-state index in [-0.39, 0.29) is 5.75 Å². The molecule has 0 bridgehead atoms. The quantitative estimate of drug-likeness (QED) is 0.696. The van der Waals surface area contributed by atoms with Gasteiger partial charge in [0.15, 0.2) is 0 Å². The second-order valence-corrected chi connectivity index (χ2v) is 2.83. The Morgan fingerprint density at radius 1 is 0.923 bits per heavy atom. The molecule has 0 aromatic heterocycles. The van der Waals surface area contributed by atoms with Crippen LogP contribution in [0.1, 0.15) is 0 Å². The van der Waals surface area contributed by atoms with E-state index in [0.29, 0.717) is 0 Å². The summed E-state index contributed by atoms with van der Waals surface area (Å²) in [5.74, 6) is 0.250. The fourth-order valence-corrected chi connectivity index (χ4v) is 1.21. The van der Waals surface area contributed by atoms with Crippen molar-refractivity contribution in [1.29, 1.82) is 0 Å². The minimum atomic E-state index is 0.250. The van der Waals surface area contributed by atoms with E-state index in [4.69, 9.17) is 5.11 Å². The summed E-state index contributed by atoms with van der Waals surface area (Å²) in [4.78, 5) is 0. The summed E-state index contributed by atoms with van der Waals surface area (Å²) in [7, 11) is 0. The van der Waals surface area contributed by atoms with Crippen LogP contribution in [0.25, 0.3) is 11.1 Å². The summed E-state index contributed by atoms with van der Waals surface area (Å²) >= 11 is 0. The maximum absolute atomic E-state index is 9.07. The zero-order chi connectivity index (χ0) is 9.10. The molecule has 1 heteroatoms. The van der Waals surface area contributed by atoms with E-state index in [2.05, 4.69) is 6.07 Å². The van der Waals surface area contributed by atoms with Gasteiger partial charge in [0.1, 0.15) is 5.75 Å². The van der Waals surface area contributed by atoms with Gasteiger partial charge in [0.2, 0.25) is 0 Å². The second kappa shape index (κ2) is 3.31. The van der Waals surface area contributed by atoms with Gasteiger partial charge in [0.25, 0.3) is 0 Å². The molecule has 0 fully saturated rings. The molecule has 0 aliphatic rings. The van der Waals surface area contributed by atoms with Crippen molar-refractivity contribution in [2.45, 2.75) is 0 Å². The molecule has 0 saturated carbocycles. The minimum absolute atomic E-state index is 0.250. The molecule has 1 radical (unpaired) electrons. The van der Waals surface area contributed by atoms with Crippen LogP contribution in [0.4, 0.5) is 0 Å². The van der Waals surface area contributed by atoms with Gasteiger partial charge in [-0.2, -0.15) is 0 Å². The van der Waals surface area contributed by atoms with Crippen LogP contribution in [-0.2, 0) is 0 Å². The Labute approximate surface area is 77.3 Å². The van der Waals surface area contributed by atoms with E-state index in [9.17, 15) is 0 Å². The number of benzene rings is 2. The van der Waals surface area contributed by atoms with E-state index in [1.807, 2.05) is 36.4 Å². The first-order chi connectivity index (χ1) is 6.36. The molecule has 0 saturated heterocycles. The number of phenolic OH excluding ortho intramolecular Hbond substituents is 1. The molecule has 1 N–H and O–H groups in total. The summed E-state index contributed by atoms with van der Waals surface area (Å²) in [6.45, 7) is 0. The average molecular weight is 169 g/mol. The van der Waals surface area contributed by atoms with Crippen molar-refractivity contribution >= 4 is 0 Å². The van der Waals surface area contributed by atoms with Crippen LogP contribution in [0.5, 0.6) is 5.75 Å². The predicted molar refractivity (Wildman–Crippen MR) is 52.4 cm³/mol. The molecule has 0 amide bonds. The van der Waals surface area contributed by atoms with Crippen LogP contribution < -0.4 is 0 Å². The summed E-state index contributed by atoms with van der Waals surface area (Å²) in [6.07, 6.45) is 0. The third-order valence-corrected chi connectivity index (χ3v) is 1.88. The van der Waals surface area contributed by atoms with E-state index in [1.165, 1.54) is 0 Å². The van der Waals surface area contributed by atoms with Crippen molar-refractivity contribution < 1.29 is 5.11 Å². The van der Waals surface area contributed by atoms with E-state index in [0.717, 1.165) is 11.1 Å². The maximum Gasteiger partial charge on any atom is 0.116 e. The van der Waals surface area contributed by atoms with Crippen molar-refractivity contribution in [1.82, 2.24) is 0 Å². The normalized spacial score (nSPS) is 9.85. The fourth-order valence-electron chi connectivity index (χ4n) is 1.21. The highest BCUT2D eigenvalue weighted by atomic mass is 16.3. The Kier molecular flexibility index (Phi) is 2.01. The van der Waals surface area contributed by atoms with Crippen LogP contribution in [-0.4, -0.2) is 5.11 Å². The first-order valence-corrected chi connectivity index (χ1v) is 4.12. The van der Waals surface area contributed by atoms with Crippen molar-refractivity contribution in [2.75, 3.05) is 0 Å². The molecule has 0 atom stereocenters. The Balaban J connectivity index is 2.42. The smallest absolute Gasteiger partial charge is 0.116 e. The summed E-state index contributed by atoms with van der Waals surface area (Å²) in [6, 6.07) is 18.1. The van der Waals surface area contributed by atoms with Gasteiger partial charge < -0.3 is 5.11 Å². The Bertz CT molecular complexity index is 376. The van der Waals surface area contributed by atoms with Gasteiger partial charge in [-0.25, -0.2) is 0 Å². The molecule has 1 nitrogen and oxygen atoms in total. The summed E-state index contributed by atoms with van der Waals surface area (Å²) in [5, 5.41) is 9.07. The number of phenols is 1. The van der Waals surface area contributed by atoms with Crippen LogP contribution in [0.3, 0.4) is 0 Å². The van der Waals surface area contributed by atoms with Gasteiger partial charge in [-0.3, -0.25) is 0 Å². The summed E-state index contributed by atoms with van der Waals surface area (Å²) in [5.41, 5.74) is 2.11. The van der Waals surface area contributed by atoms with Gasteiger partial charge >= 0.3 is 0 Å². The van der Waals surface area contributed by atoms with Crippen molar-refractivity contribution in [2.24, 2.45) is 0 Å². The van der Waals surface area contributed by atoms with E-state index < -0.39 is 0 Å². The monoisotopic (exact) mass is 169 g/mol. The zero-order valence-corrected chi connectivity index (χ0v) is 7.07. The molecule has 13 heavy (non-hydrogen) atoms. The van der Waals surface area contributed by atoms with Crippen molar-refractivity contribution in [3.05, 3.63) is 54.6 Å². The predicted octanol–water partition coefficient (Wildman–Crippen LogP) is 2.86. The molecule has 0 aliphatic carbocycles. The van der Waals surface area contributed by atoms with Crippen LogP contribution in [0.15, 0.2) is 48.5 Å². The van der Waals surface area contributed by atoms with Crippen LogP contribution in [0.2, 0.25) is 0 Å².